The van der Waals surface area contributed by atoms with Gasteiger partial charge in [0.1, 0.15) is 5.76 Å². The third-order valence-electron chi connectivity index (χ3n) is 1.51. The molecule has 1 aliphatic rings. The van der Waals surface area contributed by atoms with E-state index in [1.165, 1.54) is 0 Å². The Kier molecular flexibility index (Phi) is 2.96. The van der Waals surface area contributed by atoms with E-state index in [-0.39, 0.29) is 0 Å². The number of hydrogen-bond donors (Lipinski definition) is 0. The second-order valence-corrected chi connectivity index (χ2v) is 2.43. The molecule has 1 heteroatoms. The minimum absolute atomic E-state index is 0.822. The van der Waals surface area contributed by atoms with Gasteiger partial charge >= 0.3 is 0 Å². The van der Waals surface area contributed by atoms with Crippen LogP contribution in [0.5, 0.6) is 0 Å². The molecule has 1 radical (unpaired) electrons. The van der Waals surface area contributed by atoms with Gasteiger partial charge in [0.25, 0.3) is 0 Å². The molecule has 0 saturated carbocycles. The van der Waals surface area contributed by atoms with Crippen molar-refractivity contribution >= 4 is 0 Å². The molecule has 0 saturated heterocycles. The lowest BCUT2D eigenvalue weighted by Gasteiger charge is -2.09. The lowest BCUT2D eigenvalue weighted by atomic mass is 10.2. The summed E-state index contributed by atoms with van der Waals surface area (Å²) >= 11 is 0. The van der Waals surface area contributed by atoms with Gasteiger partial charge in [-0.25, -0.2) is 0 Å². The fourth-order valence-corrected chi connectivity index (χ4v) is 0.808. The molecular formula is C10H13O. The summed E-state index contributed by atoms with van der Waals surface area (Å²) in [5, 5.41) is 0. The Morgan fingerprint density at radius 1 is 1.73 bits per heavy atom. The second kappa shape index (κ2) is 4.02. The first kappa shape index (κ1) is 8.12. The molecule has 0 amide bonds. The maximum absolute atomic E-state index is 5.40. The average molecular weight is 149 g/mol. The van der Waals surface area contributed by atoms with Crippen molar-refractivity contribution in [1.29, 1.82) is 0 Å². The fourth-order valence-electron chi connectivity index (χ4n) is 0.808. The monoisotopic (exact) mass is 149 g/mol. The summed E-state index contributed by atoms with van der Waals surface area (Å²) in [6.45, 7) is 5.79. The predicted octanol–water partition coefficient (Wildman–Crippen LogP) is 2.97. The molecule has 1 nitrogen and oxygen atoms in total. The van der Waals surface area contributed by atoms with Gasteiger partial charge in [-0.2, -0.15) is 0 Å². The summed E-state index contributed by atoms with van der Waals surface area (Å²) < 4.78 is 5.40. The highest BCUT2D eigenvalue weighted by molar-refractivity contribution is 5.22. The van der Waals surface area contributed by atoms with E-state index >= 15 is 0 Å². The van der Waals surface area contributed by atoms with E-state index in [0.717, 1.165) is 24.4 Å². The first-order valence-corrected chi connectivity index (χ1v) is 3.88. The van der Waals surface area contributed by atoms with Gasteiger partial charge in [0.2, 0.25) is 0 Å². The van der Waals surface area contributed by atoms with Crippen LogP contribution in [0.25, 0.3) is 0 Å². The van der Waals surface area contributed by atoms with Crippen LogP contribution in [0.3, 0.4) is 0 Å². The number of allylic oxidation sites excluding steroid dienone is 4. The molecule has 1 rings (SSSR count). The van der Waals surface area contributed by atoms with Crippen LogP contribution in [0.2, 0.25) is 0 Å². The Morgan fingerprint density at radius 3 is 3.09 bits per heavy atom. The molecule has 59 valence electrons. The van der Waals surface area contributed by atoms with E-state index in [4.69, 9.17) is 4.74 Å². The zero-order chi connectivity index (χ0) is 8.10. The summed E-state index contributed by atoms with van der Waals surface area (Å²) in [4.78, 5) is 0. The summed E-state index contributed by atoms with van der Waals surface area (Å²) in [6, 6.07) is 0. The molecule has 0 atom stereocenters. The highest BCUT2D eigenvalue weighted by Crippen LogP contribution is 2.14. The third kappa shape index (κ3) is 2.62. The Labute approximate surface area is 68.1 Å². The maximum Gasteiger partial charge on any atom is 0.122 e. The molecule has 0 bridgehead atoms. The Balaban J connectivity index is 2.42. The van der Waals surface area contributed by atoms with Gasteiger partial charge in [-0.3, -0.25) is 0 Å². The summed E-state index contributed by atoms with van der Waals surface area (Å²) in [7, 11) is 0. The summed E-state index contributed by atoms with van der Waals surface area (Å²) in [6.07, 6.45) is 9.91. The molecule has 0 aromatic heterocycles. The normalized spacial score (nSPS) is 15.9. The van der Waals surface area contributed by atoms with Gasteiger partial charge in [0, 0.05) is 6.42 Å². The van der Waals surface area contributed by atoms with Crippen LogP contribution in [0.1, 0.15) is 19.8 Å². The molecule has 0 aromatic carbocycles. The quantitative estimate of drug-likeness (QED) is 0.560. The van der Waals surface area contributed by atoms with Crippen LogP contribution in [-0.4, -0.2) is 0 Å². The molecule has 0 spiro atoms. The topological polar surface area (TPSA) is 9.23 Å². The number of hydrogen-bond acceptors (Lipinski definition) is 1. The van der Waals surface area contributed by atoms with E-state index < -0.39 is 0 Å². The van der Waals surface area contributed by atoms with E-state index in [1.54, 1.807) is 0 Å². The Hall–Kier alpha value is -0.980. The Morgan fingerprint density at radius 2 is 2.55 bits per heavy atom. The molecule has 0 heterocycles. The van der Waals surface area contributed by atoms with Crippen LogP contribution < -0.4 is 0 Å². The molecule has 0 unspecified atom stereocenters. The number of ether oxygens (including phenoxy) is 1. The van der Waals surface area contributed by atoms with Crippen molar-refractivity contribution < 1.29 is 4.74 Å². The van der Waals surface area contributed by atoms with Gasteiger partial charge in [0.15, 0.2) is 0 Å². The maximum atomic E-state index is 5.40. The molecule has 0 N–H and O–H groups in total. The SMILES string of the molecule is C=C(CC)OC1=CC[CH]C=C1. The van der Waals surface area contributed by atoms with E-state index in [9.17, 15) is 0 Å². The van der Waals surface area contributed by atoms with Crippen LogP contribution in [0.15, 0.2) is 36.3 Å². The van der Waals surface area contributed by atoms with Crippen molar-refractivity contribution in [3.8, 4) is 0 Å². The van der Waals surface area contributed by atoms with E-state index in [1.807, 2.05) is 25.2 Å². The van der Waals surface area contributed by atoms with Crippen LogP contribution >= 0.6 is 0 Å². The number of rotatable bonds is 3. The molecule has 0 aliphatic heterocycles. The van der Waals surface area contributed by atoms with Crippen molar-refractivity contribution in [2.45, 2.75) is 19.8 Å². The molecular weight excluding hydrogens is 136 g/mol. The minimum Gasteiger partial charge on any atom is -0.463 e. The van der Waals surface area contributed by atoms with Gasteiger partial charge in [-0.05, 0) is 25.0 Å². The molecule has 1 aliphatic carbocycles. The van der Waals surface area contributed by atoms with Gasteiger partial charge < -0.3 is 4.74 Å². The molecule has 0 aromatic rings. The van der Waals surface area contributed by atoms with Crippen molar-refractivity contribution in [2.75, 3.05) is 0 Å². The molecule has 0 fully saturated rings. The molecule has 11 heavy (non-hydrogen) atoms. The van der Waals surface area contributed by atoms with Crippen LogP contribution in [0, 0.1) is 6.42 Å². The third-order valence-corrected chi connectivity index (χ3v) is 1.51. The van der Waals surface area contributed by atoms with Gasteiger partial charge in [-0.1, -0.05) is 19.6 Å². The van der Waals surface area contributed by atoms with Crippen LogP contribution in [-0.2, 0) is 4.74 Å². The van der Waals surface area contributed by atoms with Gasteiger partial charge in [0.05, 0.1) is 5.76 Å². The summed E-state index contributed by atoms with van der Waals surface area (Å²) in [5.74, 6) is 1.74. The van der Waals surface area contributed by atoms with Crippen molar-refractivity contribution in [3.05, 3.63) is 42.7 Å². The lowest BCUT2D eigenvalue weighted by molar-refractivity contribution is 0.308. The minimum atomic E-state index is 0.822. The van der Waals surface area contributed by atoms with Crippen LogP contribution in [0.4, 0.5) is 0 Å². The van der Waals surface area contributed by atoms with Crippen molar-refractivity contribution in [3.63, 3.8) is 0 Å². The second-order valence-electron chi connectivity index (χ2n) is 2.43. The van der Waals surface area contributed by atoms with E-state index in [2.05, 4.69) is 13.0 Å². The average Bonchev–Trinajstić information content (AvgIpc) is 2.06. The zero-order valence-corrected chi connectivity index (χ0v) is 6.84. The predicted molar refractivity (Wildman–Crippen MR) is 46.7 cm³/mol. The van der Waals surface area contributed by atoms with Crippen molar-refractivity contribution in [1.82, 2.24) is 0 Å². The standard InChI is InChI=1S/C10H13O/c1-3-9(2)11-10-7-5-4-6-8-10/h4-5,7-8H,2-3,6H2,1H3. The van der Waals surface area contributed by atoms with Gasteiger partial charge in [-0.15, -0.1) is 0 Å². The first-order chi connectivity index (χ1) is 5.33. The van der Waals surface area contributed by atoms with Crippen molar-refractivity contribution in [2.24, 2.45) is 0 Å². The smallest absolute Gasteiger partial charge is 0.122 e. The summed E-state index contributed by atoms with van der Waals surface area (Å²) in [5.41, 5.74) is 0. The Bertz CT molecular complexity index is 199. The fraction of sp³-hybridized carbons (Fsp3) is 0.300. The largest absolute Gasteiger partial charge is 0.463 e. The lowest BCUT2D eigenvalue weighted by Crippen LogP contribution is -1.91. The first-order valence-electron chi connectivity index (χ1n) is 3.88. The highest BCUT2D eigenvalue weighted by Gasteiger charge is 1.98. The van der Waals surface area contributed by atoms with E-state index in [0.29, 0.717) is 0 Å². The zero-order valence-electron chi connectivity index (χ0n) is 6.84. The highest BCUT2D eigenvalue weighted by atomic mass is 16.5.